The van der Waals surface area contributed by atoms with Crippen LogP contribution in [-0.4, -0.2) is 43.0 Å². The lowest BCUT2D eigenvalue weighted by Crippen LogP contribution is -2.48. The molecule has 5 heteroatoms. The zero-order chi connectivity index (χ0) is 15.1. The van der Waals surface area contributed by atoms with E-state index in [-0.39, 0.29) is 17.9 Å². The highest BCUT2D eigenvalue weighted by atomic mass is 16.2. The van der Waals surface area contributed by atoms with Gasteiger partial charge in [-0.3, -0.25) is 4.79 Å². The predicted octanol–water partition coefficient (Wildman–Crippen LogP) is 1.84. The van der Waals surface area contributed by atoms with E-state index in [1.165, 1.54) is 0 Å². The van der Waals surface area contributed by atoms with Gasteiger partial charge >= 0.3 is 6.03 Å². The molecule has 1 aliphatic rings. The monoisotopic (exact) mass is 283 g/mol. The first-order chi connectivity index (χ1) is 9.40. The van der Waals surface area contributed by atoms with Crippen molar-refractivity contribution in [3.63, 3.8) is 0 Å². The smallest absolute Gasteiger partial charge is 0.317 e. The van der Waals surface area contributed by atoms with Gasteiger partial charge in [-0.05, 0) is 24.7 Å². The Morgan fingerprint density at radius 1 is 1.20 bits per heavy atom. The summed E-state index contributed by atoms with van der Waals surface area (Å²) in [6.07, 6.45) is 2.09. The first-order valence-corrected chi connectivity index (χ1v) is 7.70. The van der Waals surface area contributed by atoms with Crippen LogP contribution < -0.4 is 10.6 Å². The van der Waals surface area contributed by atoms with Crippen LogP contribution >= 0.6 is 0 Å². The van der Waals surface area contributed by atoms with Crippen LogP contribution in [0, 0.1) is 17.8 Å². The van der Waals surface area contributed by atoms with Crippen LogP contribution in [0.3, 0.4) is 0 Å². The summed E-state index contributed by atoms with van der Waals surface area (Å²) in [6.45, 7) is 10.9. The number of urea groups is 1. The van der Waals surface area contributed by atoms with Crippen molar-refractivity contribution in [3.05, 3.63) is 0 Å². The molecule has 0 bridgehead atoms. The number of likely N-dealkylation sites (tertiary alicyclic amines) is 1. The first kappa shape index (κ1) is 16.8. The number of nitrogens with zero attached hydrogens (tertiary/aromatic N) is 1. The first-order valence-electron chi connectivity index (χ1n) is 7.70. The molecule has 0 saturated carbocycles. The Morgan fingerprint density at radius 2 is 1.90 bits per heavy atom. The largest absolute Gasteiger partial charge is 0.356 e. The molecule has 1 saturated heterocycles. The van der Waals surface area contributed by atoms with E-state index in [2.05, 4.69) is 24.5 Å². The van der Waals surface area contributed by atoms with Crippen LogP contribution in [-0.2, 0) is 4.79 Å². The molecular weight excluding hydrogens is 254 g/mol. The standard InChI is InChI=1S/C15H29N3O2/c1-11(2)8-17-15(20)18-7-5-6-13(10-18)9-16-14(19)12(3)4/h11-13H,5-10H2,1-4H3,(H,16,19)(H,17,20). The zero-order valence-corrected chi connectivity index (χ0v) is 13.2. The van der Waals surface area contributed by atoms with Crippen molar-refractivity contribution in [2.24, 2.45) is 17.8 Å². The lowest BCUT2D eigenvalue weighted by atomic mass is 9.98. The van der Waals surface area contributed by atoms with Crippen molar-refractivity contribution < 1.29 is 9.59 Å². The maximum Gasteiger partial charge on any atom is 0.317 e. The van der Waals surface area contributed by atoms with Gasteiger partial charge in [0.25, 0.3) is 0 Å². The fourth-order valence-corrected chi connectivity index (χ4v) is 2.27. The molecule has 0 spiro atoms. The molecule has 0 radical (unpaired) electrons. The van der Waals surface area contributed by atoms with Crippen LogP contribution in [0.2, 0.25) is 0 Å². The normalized spacial score (nSPS) is 19.3. The fourth-order valence-electron chi connectivity index (χ4n) is 2.27. The molecule has 1 heterocycles. The highest BCUT2D eigenvalue weighted by Crippen LogP contribution is 2.16. The summed E-state index contributed by atoms with van der Waals surface area (Å²) in [5.74, 6) is 0.941. The third-order valence-electron chi connectivity index (χ3n) is 3.56. The topological polar surface area (TPSA) is 61.4 Å². The average Bonchev–Trinajstić information content (AvgIpc) is 2.42. The maximum absolute atomic E-state index is 12.0. The molecule has 0 aliphatic carbocycles. The van der Waals surface area contributed by atoms with Gasteiger partial charge in [0.2, 0.25) is 5.91 Å². The molecule has 0 aromatic carbocycles. The van der Waals surface area contributed by atoms with Gasteiger partial charge in [-0.15, -0.1) is 0 Å². The van der Waals surface area contributed by atoms with Crippen LogP contribution in [0.4, 0.5) is 4.79 Å². The van der Waals surface area contributed by atoms with Crippen molar-refractivity contribution >= 4 is 11.9 Å². The van der Waals surface area contributed by atoms with Gasteiger partial charge in [-0.2, -0.15) is 0 Å². The van der Waals surface area contributed by atoms with E-state index in [0.717, 1.165) is 25.9 Å². The Morgan fingerprint density at radius 3 is 2.50 bits per heavy atom. The van der Waals surface area contributed by atoms with Crippen molar-refractivity contribution in [1.29, 1.82) is 0 Å². The molecule has 1 fully saturated rings. The highest BCUT2D eigenvalue weighted by molar-refractivity contribution is 5.77. The predicted molar refractivity (Wildman–Crippen MR) is 80.4 cm³/mol. The summed E-state index contributed by atoms with van der Waals surface area (Å²) in [4.78, 5) is 25.5. The Bertz CT molecular complexity index is 329. The summed E-state index contributed by atoms with van der Waals surface area (Å²) in [7, 11) is 0. The van der Waals surface area contributed by atoms with E-state index in [0.29, 0.717) is 24.9 Å². The van der Waals surface area contributed by atoms with Gasteiger partial charge in [-0.1, -0.05) is 27.7 Å². The number of nitrogens with one attached hydrogen (secondary N) is 2. The molecule has 20 heavy (non-hydrogen) atoms. The summed E-state index contributed by atoms with van der Waals surface area (Å²) in [6, 6.07) is 0.0265. The van der Waals surface area contributed by atoms with E-state index in [1.807, 2.05) is 18.7 Å². The minimum Gasteiger partial charge on any atom is -0.356 e. The summed E-state index contributed by atoms with van der Waals surface area (Å²) in [5.41, 5.74) is 0. The number of carbonyl (C=O) groups is 2. The number of amides is 3. The Labute approximate surface area is 122 Å². The van der Waals surface area contributed by atoms with Crippen molar-refractivity contribution in [2.75, 3.05) is 26.2 Å². The number of hydrogen-bond acceptors (Lipinski definition) is 2. The second-order valence-electron chi connectivity index (χ2n) is 6.43. The van der Waals surface area contributed by atoms with Crippen LogP contribution in [0.1, 0.15) is 40.5 Å². The third kappa shape index (κ3) is 5.80. The lowest BCUT2D eigenvalue weighted by molar-refractivity contribution is -0.124. The number of rotatable bonds is 5. The molecule has 0 aromatic rings. The molecule has 2 N–H and O–H groups in total. The van der Waals surface area contributed by atoms with Crippen LogP contribution in [0.25, 0.3) is 0 Å². The third-order valence-corrected chi connectivity index (χ3v) is 3.56. The van der Waals surface area contributed by atoms with E-state index < -0.39 is 0 Å². The SMILES string of the molecule is CC(C)CNC(=O)N1CCCC(CNC(=O)C(C)C)C1. The van der Waals surface area contributed by atoms with Crippen molar-refractivity contribution in [2.45, 2.75) is 40.5 Å². The van der Waals surface area contributed by atoms with Crippen LogP contribution in [0.5, 0.6) is 0 Å². The molecule has 116 valence electrons. The summed E-state index contributed by atoms with van der Waals surface area (Å²) >= 11 is 0. The van der Waals surface area contributed by atoms with Gasteiger partial charge in [0.15, 0.2) is 0 Å². The van der Waals surface area contributed by atoms with E-state index in [9.17, 15) is 9.59 Å². The number of piperidine rings is 1. The van der Waals surface area contributed by atoms with Gasteiger partial charge in [0, 0.05) is 32.1 Å². The molecular formula is C15H29N3O2. The van der Waals surface area contributed by atoms with Gasteiger partial charge in [0.1, 0.15) is 0 Å². The fraction of sp³-hybridized carbons (Fsp3) is 0.867. The Hall–Kier alpha value is -1.26. The Kier molecular flexibility index (Phi) is 6.82. The molecule has 1 rings (SSSR count). The Balaban J connectivity index is 2.34. The quantitative estimate of drug-likeness (QED) is 0.808. The zero-order valence-electron chi connectivity index (χ0n) is 13.2. The van der Waals surface area contributed by atoms with E-state index >= 15 is 0 Å². The van der Waals surface area contributed by atoms with Gasteiger partial charge in [-0.25, -0.2) is 4.79 Å². The molecule has 1 atom stereocenters. The summed E-state index contributed by atoms with van der Waals surface area (Å²) < 4.78 is 0. The minimum atomic E-state index is 0.0176. The van der Waals surface area contributed by atoms with Gasteiger partial charge in [0.05, 0.1) is 0 Å². The molecule has 0 aromatic heterocycles. The van der Waals surface area contributed by atoms with Crippen molar-refractivity contribution in [1.82, 2.24) is 15.5 Å². The molecule has 5 nitrogen and oxygen atoms in total. The minimum absolute atomic E-state index is 0.0176. The second kappa shape index (κ2) is 8.12. The number of hydrogen-bond donors (Lipinski definition) is 2. The van der Waals surface area contributed by atoms with E-state index in [4.69, 9.17) is 0 Å². The summed E-state index contributed by atoms with van der Waals surface area (Å²) in [5, 5.41) is 5.92. The number of carbonyl (C=O) groups excluding carboxylic acids is 2. The van der Waals surface area contributed by atoms with E-state index in [1.54, 1.807) is 0 Å². The lowest BCUT2D eigenvalue weighted by Gasteiger charge is -2.33. The van der Waals surface area contributed by atoms with Crippen molar-refractivity contribution in [3.8, 4) is 0 Å². The average molecular weight is 283 g/mol. The second-order valence-corrected chi connectivity index (χ2v) is 6.43. The molecule has 3 amide bonds. The molecule has 1 unspecified atom stereocenters. The molecule has 1 aliphatic heterocycles. The maximum atomic E-state index is 12.0. The van der Waals surface area contributed by atoms with Crippen LogP contribution in [0.15, 0.2) is 0 Å². The van der Waals surface area contributed by atoms with Gasteiger partial charge < -0.3 is 15.5 Å². The highest BCUT2D eigenvalue weighted by Gasteiger charge is 2.24.